The number of rotatable bonds is 4. The highest BCUT2D eigenvalue weighted by Crippen LogP contribution is 2.30. The Morgan fingerprint density at radius 1 is 1.08 bits per heavy atom. The van der Waals surface area contributed by atoms with E-state index >= 15 is 0 Å². The van der Waals surface area contributed by atoms with E-state index in [1.807, 2.05) is 13.0 Å². The Bertz CT molecular complexity index is 646. The molecule has 6 heteroatoms. The molecule has 1 aliphatic rings. The summed E-state index contributed by atoms with van der Waals surface area (Å²) < 4.78 is 0. The molecule has 1 saturated carbocycles. The van der Waals surface area contributed by atoms with E-state index in [2.05, 4.69) is 5.32 Å². The maximum absolute atomic E-state index is 12.4. The second-order valence-corrected chi connectivity index (χ2v) is 6.61. The van der Waals surface area contributed by atoms with Crippen molar-refractivity contribution >= 4 is 23.5 Å². The number of carbonyl (C=O) groups is 3. The molecule has 24 heavy (non-hydrogen) atoms. The first-order chi connectivity index (χ1) is 11.3. The van der Waals surface area contributed by atoms with Gasteiger partial charge in [-0.3, -0.25) is 14.4 Å². The summed E-state index contributed by atoms with van der Waals surface area (Å²) in [7, 11) is 3.38. The lowest BCUT2D eigenvalue weighted by Gasteiger charge is -2.25. The summed E-state index contributed by atoms with van der Waals surface area (Å²) in [6.45, 7) is 1.86. The van der Waals surface area contributed by atoms with Gasteiger partial charge in [0.2, 0.25) is 5.91 Å². The maximum atomic E-state index is 12.4. The van der Waals surface area contributed by atoms with E-state index in [0.29, 0.717) is 36.9 Å². The Balaban J connectivity index is 2.03. The number of carbonyl (C=O) groups excluding carboxylic acids is 2. The van der Waals surface area contributed by atoms with E-state index in [1.54, 1.807) is 26.2 Å². The van der Waals surface area contributed by atoms with E-state index in [9.17, 15) is 14.4 Å². The lowest BCUT2D eigenvalue weighted by molar-refractivity contribution is -0.143. The molecule has 0 aliphatic heterocycles. The standard InChI is InChI=1S/C18H24N2O4/c1-11-4-9-14(10-15(11)17(22)20(2)3)19-16(21)12-5-7-13(8-6-12)18(23)24/h4,9-10,12-13H,5-8H2,1-3H3,(H,19,21)(H,23,24). The van der Waals surface area contributed by atoms with Gasteiger partial charge in [0.05, 0.1) is 5.92 Å². The highest BCUT2D eigenvalue weighted by Gasteiger charge is 2.29. The topological polar surface area (TPSA) is 86.7 Å². The van der Waals surface area contributed by atoms with Gasteiger partial charge in [-0.15, -0.1) is 0 Å². The van der Waals surface area contributed by atoms with Crippen molar-refractivity contribution in [2.24, 2.45) is 11.8 Å². The molecule has 0 saturated heterocycles. The van der Waals surface area contributed by atoms with Crippen molar-refractivity contribution in [1.82, 2.24) is 4.90 Å². The largest absolute Gasteiger partial charge is 0.481 e. The number of nitrogens with zero attached hydrogens (tertiary/aromatic N) is 1. The van der Waals surface area contributed by atoms with Crippen molar-refractivity contribution in [2.45, 2.75) is 32.6 Å². The van der Waals surface area contributed by atoms with Crippen molar-refractivity contribution in [1.29, 1.82) is 0 Å². The van der Waals surface area contributed by atoms with Crippen LogP contribution in [-0.2, 0) is 9.59 Å². The molecule has 130 valence electrons. The van der Waals surface area contributed by atoms with Crippen LogP contribution >= 0.6 is 0 Å². The van der Waals surface area contributed by atoms with Crippen LogP contribution in [0.1, 0.15) is 41.6 Å². The highest BCUT2D eigenvalue weighted by molar-refractivity contribution is 5.98. The predicted molar refractivity (Wildman–Crippen MR) is 90.9 cm³/mol. The van der Waals surface area contributed by atoms with Gasteiger partial charge in [-0.25, -0.2) is 0 Å². The van der Waals surface area contributed by atoms with Crippen molar-refractivity contribution in [3.05, 3.63) is 29.3 Å². The van der Waals surface area contributed by atoms with Crippen LogP contribution in [0.5, 0.6) is 0 Å². The number of anilines is 1. The Kier molecular flexibility index (Phi) is 5.59. The summed E-state index contributed by atoms with van der Waals surface area (Å²) in [6.07, 6.45) is 2.23. The van der Waals surface area contributed by atoms with Gasteiger partial charge in [-0.05, 0) is 50.3 Å². The van der Waals surface area contributed by atoms with Crippen LogP contribution in [-0.4, -0.2) is 41.9 Å². The molecule has 0 unspecified atom stereocenters. The molecule has 0 radical (unpaired) electrons. The molecule has 6 nitrogen and oxygen atoms in total. The number of amides is 2. The average molecular weight is 332 g/mol. The molecule has 2 amide bonds. The molecule has 0 atom stereocenters. The van der Waals surface area contributed by atoms with Crippen molar-refractivity contribution in [2.75, 3.05) is 19.4 Å². The molecule has 1 aromatic rings. The minimum Gasteiger partial charge on any atom is -0.481 e. The van der Waals surface area contributed by atoms with Gasteiger partial charge >= 0.3 is 5.97 Å². The molecule has 1 aliphatic carbocycles. The first-order valence-electron chi connectivity index (χ1n) is 8.15. The summed E-state index contributed by atoms with van der Waals surface area (Å²) in [4.78, 5) is 37.0. The number of aliphatic carboxylic acids is 1. The summed E-state index contributed by atoms with van der Waals surface area (Å²) in [5.74, 6) is -1.50. The highest BCUT2D eigenvalue weighted by atomic mass is 16.4. The normalized spacial score (nSPS) is 20.3. The van der Waals surface area contributed by atoms with E-state index in [4.69, 9.17) is 5.11 Å². The van der Waals surface area contributed by atoms with Gasteiger partial charge in [0, 0.05) is 31.3 Å². The number of carboxylic acids is 1. The zero-order chi connectivity index (χ0) is 17.9. The summed E-state index contributed by atoms with van der Waals surface area (Å²) in [5, 5.41) is 11.9. The number of aryl methyl sites for hydroxylation is 1. The lowest BCUT2D eigenvalue weighted by atomic mass is 9.81. The quantitative estimate of drug-likeness (QED) is 0.887. The molecule has 1 aromatic carbocycles. The van der Waals surface area contributed by atoms with Crippen LogP contribution in [0, 0.1) is 18.8 Å². The number of hydrogen-bond donors (Lipinski definition) is 2. The monoisotopic (exact) mass is 332 g/mol. The van der Waals surface area contributed by atoms with E-state index in [1.165, 1.54) is 4.90 Å². The minimum atomic E-state index is -0.778. The van der Waals surface area contributed by atoms with Gasteiger partial charge in [-0.1, -0.05) is 6.07 Å². The molecular formula is C18H24N2O4. The fraction of sp³-hybridized carbons (Fsp3) is 0.500. The van der Waals surface area contributed by atoms with Crippen LogP contribution in [0.3, 0.4) is 0 Å². The zero-order valence-corrected chi connectivity index (χ0v) is 14.3. The second kappa shape index (κ2) is 7.47. The van der Waals surface area contributed by atoms with Crippen molar-refractivity contribution in [3.8, 4) is 0 Å². The van der Waals surface area contributed by atoms with Gasteiger partial charge in [0.15, 0.2) is 0 Å². The Hall–Kier alpha value is -2.37. The van der Waals surface area contributed by atoms with Crippen molar-refractivity contribution in [3.63, 3.8) is 0 Å². The molecule has 0 heterocycles. The van der Waals surface area contributed by atoms with E-state index in [0.717, 1.165) is 5.56 Å². The van der Waals surface area contributed by atoms with E-state index < -0.39 is 5.97 Å². The fourth-order valence-corrected chi connectivity index (χ4v) is 3.02. The van der Waals surface area contributed by atoms with Crippen LogP contribution in [0.4, 0.5) is 5.69 Å². The average Bonchev–Trinajstić information content (AvgIpc) is 2.55. The number of nitrogens with one attached hydrogen (secondary N) is 1. The molecule has 0 bridgehead atoms. The molecular weight excluding hydrogens is 308 g/mol. The third-order valence-corrected chi connectivity index (χ3v) is 4.59. The third kappa shape index (κ3) is 4.13. The Morgan fingerprint density at radius 3 is 2.21 bits per heavy atom. The van der Waals surface area contributed by atoms with Crippen LogP contribution in [0.15, 0.2) is 18.2 Å². The summed E-state index contributed by atoms with van der Waals surface area (Å²) >= 11 is 0. The summed E-state index contributed by atoms with van der Waals surface area (Å²) in [6, 6.07) is 5.29. The first kappa shape index (κ1) is 18.0. The molecule has 0 aromatic heterocycles. The lowest BCUT2D eigenvalue weighted by Crippen LogP contribution is -2.29. The number of carboxylic acid groups (broad SMARTS) is 1. The van der Waals surface area contributed by atoms with Gasteiger partial charge in [0.1, 0.15) is 0 Å². The summed E-state index contributed by atoms with van der Waals surface area (Å²) in [5.41, 5.74) is 2.01. The molecule has 2 N–H and O–H groups in total. The predicted octanol–water partition coefficient (Wildman–Crippen LogP) is 2.53. The van der Waals surface area contributed by atoms with Gasteiger partial charge in [0.25, 0.3) is 5.91 Å². The third-order valence-electron chi connectivity index (χ3n) is 4.59. The smallest absolute Gasteiger partial charge is 0.306 e. The fourth-order valence-electron chi connectivity index (χ4n) is 3.02. The second-order valence-electron chi connectivity index (χ2n) is 6.61. The molecule has 0 spiro atoms. The van der Waals surface area contributed by atoms with Crippen LogP contribution in [0.25, 0.3) is 0 Å². The maximum Gasteiger partial charge on any atom is 0.306 e. The number of hydrogen-bond acceptors (Lipinski definition) is 3. The van der Waals surface area contributed by atoms with Crippen LogP contribution in [0.2, 0.25) is 0 Å². The molecule has 1 fully saturated rings. The SMILES string of the molecule is Cc1ccc(NC(=O)C2CCC(C(=O)O)CC2)cc1C(=O)N(C)C. The Labute approximate surface area is 141 Å². The Morgan fingerprint density at radius 2 is 1.67 bits per heavy atom. The van der Waals surface area contributed by atoms with Crippen molar-refractivity contribution < 1.29 is 19.5 Å². The minimum absolute atomic E-state index is 0.106. The molecule has 2 rings (SSSR count). The van der Waals surface area contributed by atoms with E-state index in [-0.39, 0.29) is 23.7 Å². The van der Waals surface area contributed by atoms with Gasteiger partial charge in [-0.2, -0.15) is 0 Å². The zero-order valence-electron chi connectivity index (χ0n) is 14.3. The van der Waals surface area contributed by atoms with Gasteiger partial charge < -0.3 is 15.3 Å². The van der Waals surface area contributed by atoms with Crippen LogP contribution < -0.4 is 5.32 Å². The number of benzene rings is 1. The first-order valence-corrected chi connectivity index (χ1v) is 8.15.